The highest BCUT2D eigenvalue weighted by molar-refractivity contribution is 7.99. The van der Waals surface area contributed by atoms with Crippen molar-refractivity contribution in [3.05, 3.63) is 0 Å². The summed E-state index contributed by atoms with van der Waals surface area (Å²) in [6.07, 6.45) is 4.90. The predicted molar refractivity (Wildman–Crippen MR) is 66.5 cm³/mol. The Bertz CT molecular complexity index is 258. The largest absolute Gasteiger partial charge is 0.388 e. The maximum atomic E-state index is 12.1. The molecule has 2 fully saturated rings. The molecule has 4 heteroatoms. The van der Waals surface area contributed by atoms with Crippen LogP contribution in [0.4, 0.5) is 0 Å². The fraction of sp³-hybridized carbons (Fsp3) is 0.917. The van der Waals surface area contributed by atoms with Gasteiger partial charge in [-0.05, 0) is 25.0 Å². The van der Waals surface area contributed by atoms with Gasteiger partial charge in [0.25, 0.3) is 0 Å². The molecule has 0 aromatic heterocycles. The van der Waals surface area contributed by atoms with Crippen LogP contribution in [0.25, 0.3) is 0 Å². The smallest absolute Gasteiger partial charge is 0.226 e. The van der Waals surface area contributed by atoms with Crippen molar-refractivity contribution in [3.63, 3.8) is 0 Å². The van der Waals surface area contributed by atoms with E-state index in [2.05, 4.69) is 0 Å². The zero-order valence-corrected chi connectivity index (χ0v) is 10.8. The number of rotatable bonds is 3. The van der Waals surface area contributed by atoms with Gasteiger partial charge in [0, 0.05) is 25.3 Å². The second-order valence-electron chi connectivity index (χ2n) is 5.19. The quantitative estimate of drug-likeness (QED) is 0.816. The molecule has 1 saturated carbocycles. The lowest BCUT2D eigenvalue weighted by molar-refractivity contribution is -0.136. The Morgan fingerprint density at radius 2 is 2.19 bits per heavy atom. The topological polar surface area (TPSA) is 40.5 Å². The summed E-state index contributed by atoms with van der Waals surface area (Å²) in [4.78, 5) is 13.8. The molecule has 1 aliphatic carbocycles. The molecular formula is C12H21NO2S. The van der Waals surface area contributed by atoms with Crippen molar-refractivity contribution in [3.8, 4) is 0 Å². The summed E-state index contributed by atoms with van der Waals surface area (Å²) in [5, 5.41) is 10.3. The molecule has 0 spiro atoms. The SMILES string of the molecule is CN(CC1(O)CCCC1)C(=O)C1CCSC1. The minimum atomic E-state index is -0.601. The second-order valence-corrected chi connectivity index (χ2v) is 6.34. The molecule has 2 aliphatic rings. The fourth-order valence-electron chi connectivity index (χ4n) is 2.75. The molecule has 0 radical (unpaired) electrons. The van der Waals surface area contributed by atoms with Gasteiger partial charge in [0.15, 0.2) is 0 Å². The highest BCUT2D eigenvalue weighted by atomic mass is 32.2. The molecule has 1 aliphatic heterocycles. The number of aliphatic hydroxyl groups is 1. The van der Waals surface area contributed by atoms with Crippen molar-refractivity contribution in [2.24, 2.45) is 5.92 Å². The lowest BCUT2D eigenvalue weighted by atomic mass is 10.0. The number of amides is 1. The third kappa shape index (κ3) is 2.72. The molecule has 1 unspecified atom stereocenters. The van der Waals surface area contributed by atoms with Gasteiger partial charge in [-0.3, -0.25) is 4.79 Å². The Kier molecular flexibility index (Phi) is 3.80. The first-order chi connectivity index (χ1) is 7.61. The molecule has 1 amide bonds. The number of hydrogen-bond donors (Lipinski definition) is 1. The number of carbonyl (C=O) groups excluding carboxylic acids is 1. The van der Waals surface area contributed by atoms with Crippen molar-refractivity contribution < 1.29 is 9.90 Å². The molecule has 16 heavy (non-hydrogen) atoms. The molecule has 1 heterocycles. The number of likely N-dealkylation sites (N-methyl/N-ethyl adjacent to an activating group) is 1. The van der Waals surface area contributed by atoms with E-state index in [4.69, 9.17) is 0 Å². The molecule has 92 valence electrons. The first kappa shape index (κ1) is 12.2. The van der Waals surface area contributed by atoms with Gasteiger partial charge >= 0.3 is 0 Å². The highest BCUT2D eigenvalue weighted by Crippen LogP contribution is 2.31. The van der Waals surface area contributed by atoms with Crippen LogP contribution in [0.15, 0.2) is 0 Å². The lowest BCUT2D eigenvalue weighted by Gasteiger charge is -2.30. The standard InChI is InChI=1S/C12H21NO2S/c1-13(9-12(15)5-2-3-6-12)11(14)10-4-7-16-8-10/h10,15H,2-9H2,1H3. The highest BCUT2D eigenvalue weighted by Gasteiger charge is 2.35. The van der Waals surface area contributed by atoms with E-state index in [1.807, 2.05) is 18.8 Å². The molecule has 0 aromatic carbocycles. The zero-order chi connectivity index (χ0) is 11.6. The fourth-order valence-corrected chi connectivity index (χ4v) is 3.96. The van der Waals surface area contributed by atoms with E-state index in [9.17, 15) is 9.90 Å². The number of nitrogens with zero attached hydrogens (tertiary/aromatic N) is 1. The van der Waals surface area contributed by atoms with Crippen molar-refractivity contribution in [2.45, 2.75) is 37.7 Å². The normalized spacial score (nSPS) is 28.2. The Labute approximate surface area is 102 Å². The minimum absolute atomic E-state index is 0.194. The minimum Gasteiger partial charge on any atom is -0.388 e. The molecule has 3 nitrogen and oxygen atoms in total. The van der Waals surface area contributed by atoms with E-state index in [0.717, 1.165) is 43.6 Å². The summed E-state index contributed by atoms with van der Waals surface area (Å²) in [6, 6.07) is 0. The molecule has 1 N–H and O–H groups in total. The molecule has 0 bridgehead atoms. The van der Waals surface area contributed by atoms with Crippen LogP contribution in [0.2, 0.25) is 0 Å². The van der Waals surface area contributed by atoms with Crippen LogP contribution in [-0.2, 0) is 4.79 Å². The van der Waals surface area contributed by atoms with Crippen molar-refractivity contribution in [1.82, 2.24) is 4.90 Å². The van der Waals surface area contributed by atoms with E-state index < -0.39 is 5.60 Å². The average molecular weight is 243 g/mol. The average Bonchev–Trinajstić information content (AvgIpc) is 2.87. The summed E-state index contributed by atoms with van der Waals surface area (Å²) in [5.41, 5.74) is -0.601. The van der Waals surface area contributed by atoms with Crippen LogP contribution >= 0.6 is 11.8 Å². The number of carbonyl (C=O) groups is 1. The van der Waals surface area contributed by atoms with Crippen LogP contribution in [0.1, 0.15) is 32.1 Å². The summed E-state index contributed by atoms with van der Waals surface area (Å²) in [7, 11) is 1.83. The van der Waals surface area contributed by atoms with Crippen LogP contribution < -0.4 is 0 Å². The zero-order valence-electron chi connectivity index (χ0n) is 9.95. The second kappa shape index (κ2) is 4.96. The van der Waals surface area contributed by atoms with Crippen molar-refractivity contribution >= 4 is 17.7 Å². The third-order valence-corrected chi connectivity index (χ3v) is 4.88. The van der Waals surface area contributed by atoms with E-state index >= 15 is 0 Å². The van der Waals surface area contributed by atoms with Gasteiger partial charge in [-0.15, -0.1) is 0 Å². The molecular weight excluding hydrogens is 222 g/mol. The number of thioether (sulfide) groups is 1. The molecule has 2 rings (SSSR count). The van der Waals surface area contributed by atoms with Gasteiger partial charge in [-0.25, -0.2) is 0 Å². The summed E-state index contributed by atoms with van der Waals surface area (Å²) in [6.45, 7) is 0.521. The molecule has 1 saturated heterocycles. The summed E-state index contributed by atoms with van der Waals surface area (Å²) < 4.78 is 0. The van der Waals surface area contributed by atoms with Crippen molar-refractivity contribution in [1.29, 1.82) is 0 Å². The van der Waals surface area contributed by atoms with E-state index in [1.165, 1.54) is 0 Å². The lowest BCUT2D eigenvalue weighted by Crippen LogP contribution is -2.44. The van der Waals surface area contributed by atoms with Gasteiger partial charge in [-0.2, -0.15) is 11.8 Å². The van der Waals surface area contributed by atoms with Gasteiger partial charge in [0.05, 0.1) is 5.60 Å². The van der Waals surface area contributed by atoms with Gasteiger partial charge in [0.2, 0.25) is 5.91 Å². The Balaban J connectivity index is 1.86. The van der Waals surface area contributed by atoms with Gasteiger partial charge in [-0.1, -0.05) is 12.8 Å². The maximum Gasteiger partial charge on any atom is 0.226 e. The Morgan fingerprint density at radius 1 is 1.50 bits per heavy atom. The monoisotopic (exact) mass is 243 g/mol. The van der Waals surface area contributed by atoms with E-state index in [0.29, 0.717) is 6.54 Å². The van der Waals surface area contributed by atoms with Crippen LogP contribution in [0, 0.1) is 5.92 Å². The first-order valence-electron chi connectivity index (χ1n) is 6.16. The van der Waals surface area contributed by atoms with E-state index in [-0.39, 0.29) is 11.8 Å². The molecule has 1 atom stereocenters. The third-order valence-electron chi connectivity index (χ3n) is 3.72. The maximum absolute atomic E-state index is 12.1. The van der Waals surface area contributed by atoms with Crippen molar-refractivity contribution in [2.75, 3.05) is 25.1 Å². The van der Waals surface area contributed by atoms with Gasteiger partial charge < -0.3 is 10.0 Å². The molecule has 0 aromatic rings. The summed E-state index contributed by atoms with van der Waals surface area (Å²) in [5.74, 6) is 2.49. The Hall–Kier alpha value is -0.220. The Morgan fingerprint density at radius 3 is 2.75 bits per heavy atom. The number of hydrogen-bond acceptors (Lipinski definition) is 3. The van der Waals surface area contributed by atoms with Crippen LogP contribution in [0.5, 0.6) is 0 Å². The van der Waals surface area contributed by atoms with E-state index in [1.54, 1.807) is 4.90 Å². The first-order valence-corrected chi connectivity index (χ1v) is 7.31. The van der Waals surface area contributed by atoms with Crippen LogP contribution in [0.3, 0.4) is 0 Å². The van der Waals surface area contributed by atoms with Crippen LogP contribution in [-0.4, -0.2) is 46.6 Å². The van der Waals surface area contributed by atoms with Gasteiger partial charge in [0.1, 0.15) is 0 Å². The predicted octanol–water partition coefficient (Wildman–Crippen LogP) is 1.50. The summed E-state index contributed by atoms with van der Waals surface area (Å²) >= 11 is 1.86.